The third-order valence-corrected chi connectivity index (χ3v) is 6.58. The van der Waals surface area contributed by atoms with Crippen molar-refractivity contribution in [3.8, 4) is 11.5 Å². The van der Waals surface area contributed by atoms with Gasteiger partial charge < -0.3 is 19.7 Å². The van der Waals surface area contributed by atoms with E-state index in [1.165, 1.54) is 11.8 Å². The summed E-state index contributed by atoms with van der Waals surface area (Å²) in [5, 5.41) is 3.85. The highest BCUT2D eigenvalue weighted by molar-refractivity contribution is 7.99. The summed E-state index contributed by atoms with van der Waals surface area (Å²) in [7, 11) is 0. The number of amides is 2. The van der Waals surface area contributed by atoms with Crippen LogP contribution in [-0.2, 0) is 4.79 Å². The number of rotatable bonds is 7. The predicted molar refractivity (Wildman–Crippen MR) is 123 cm³/mol. The predicted octanol–water partition coefficient (Wildman–Crippen LogP) is 3.69. The Balaban J connectivity index is 1.33. The number of thioether (sulfide) groups is 1. The number of pyridine rings is 1. The van der Waals surface area contributed by atoms with Crippen molar-refractivity contribution in [1.82, 2.24) is 15.2 Å². The van der Waals surface area contributed by atoms with Gasteiger partial charge in [-0.2, -0.15) is 0 Å². The second-order valence-corrected chi connectivity index (χ2v) is 9.36. The molecule has 1 N–H and O–H groups in total. The Kier molecular flexibility index (Phi) is 7.19. The first-order valence-corrected chi connectivity index (χ1v) is 12.1. The molecule has 1 aromatic carbocycles. The maximum atomic E-state index is 12.7. The van der Waals surface area contributed by atoms with Crippen LogP contribution in [0.15, 0.2) is 41.6 Å². The van der Waals surface area contributed by atoms with Gasteiger partial charge in [-0.15, -0.1) is 0 Å². The van der Waals surface area contributed by atoms with Crippen molar-refractivity contribution in [2.75, 3.05) is 32.1 Å². The van der Waals surface area contributed by atoms with Gasteiger partial charge in [0, 0.05) is 19.3 Å². The van der Waals surface area contributed by atoms with Crippen molar-refractivity contribution in [3.63, 3.8) is 0 Å². The van der Waals surface area contributed by atoms with Crippen LogP contribution in [0, 0.1) is 5.92 Å². The van der Waals surface area contributed by atoms with Crippen LogP contribution < -0.4 is 14.8 Å². The third kappa shape index (κ3) is 5.35. The SMILES string of the molecule is CC(C)C(NC(=O)CSc1ccc(C(=O)N2CCCC2)cn1)c1ccc2c(c1)OCCO2. The lowest BCUT2D eigenvalue weighted by Crippen LogP contribution is -2.33. The molecule has 0 bridgehead atoms. The summed E-state index contributed by atoms with van der Waals surface area (Å²) < 4.78 is 11.3. The van der Waals surface area contributed by atoms with E-state index in [2.05, 4.69) is 24.1 Å². The molecule has 0 spiro atoms. The number of nitrogens with zero attached hydrogens (tertiary/aromatic N) is 2. The van der Waals surface area contributed by atoms with Gasteiger partial charge in [-0.1, -0.05) is 31.7 Å². The maximum Gasteiger partial charge on any atom is 0.255 e. The zero-order valence-electron chi connectivity index (χ0n) is 18.5. The van der Waals surface area contributed by atoms with Crippen molar-refractivity contribution in [1.29, 1.82) is 0 Å². The summed E-state index contributed by atoms with van der Waals surface area (Å²) in [6.45, 7) is 6.86. The van der Waals surface area contributed by atoms with Gasteiger partial charge in [-0.05, 0) is 48.6 Å². The molecular weight excluding hydrogens is 426 g/mol. The minimum atomic E-state index is -0.132. The number of hydrogen-bond acceptors (Lipinski definition) is 6. The quantitative estimate of drug-likeness (QED) is 0.642. The van der Waals surface area contributed by atoms with Gasteiger partial charge in [0.05, 0.1) is 22.4 Å². The fourth-order valence-electron chi connectivity index (χ4n) is 3.94. The van der Waals surface area contributed by atoms with E-state index in [-0.39, 0.29) is 29.5 Å². The van der Waals surface area contributed by atoms with E-state index in [4.69, 9.17) is 9.47 Å². The van der Waals surface area contributed by atoms with Crippen LogP contribution in [0.25, 0.3) is 0 Å². The van der Waals surface area contributed by atoms with Crippen molar-refractivity contribution in [2.45, 2.75) is 37.8 Å². The average molecular weight is 456 g/mol. The number of hydrogen-bond donors (Lipinski definition) is 1. The van der Waals surface area contributed by atoms with Crippen molar-refractivity contribution < 1.29 is 19.1 Å². The molecular formula is C24H29N3O4S. The van der Waals surface area contributed by atoms with Crippen molar-refractivity contribution in [3.05, 3.63) is 47.7 Å². The number of carbonyl (C=O) groups excluding carboxylic acids is 2. The normalized spacial score (nSPS) is 16.2. The van der Waals surface area contributed by atoms with Crippen LogP contribution in [0.4, 0.5) is 0 Å². The Morgan fingerprint density at radius 3 is 2.53 bits per heavy atom. The Labute approximate surface area is 192 Å². The Bertz CT molecular complexity index is 958. The van der Waals surface area contributed by atoms with Crippen LogP contribution in [0.1, 0.15) is 48.7 Å². The van der Waals surface area contributed by atoms with Crippen LogP contribution in [-0.4, -0.2) is 53.8 Å². The van der Waals surface area contributed by atoms with Gasteiger partial charge in [0.2, 0.25) is 5.91 Å². The fraction of sp³-hybridized carbons (Fsp3) is 0.458. The first-order chi connectivity index (χ1) is 15.5. The number of ether oxygens (including phenoxy) is 2. The molecule has 1 atom stereocenters. The van der Waals surface area contributed by atoms with Crippen LogP contribution in [0.5, 0.6) is 11.5 Å². The molecule has 2 aromatic rings. The molecule has 3 heterocycles. The molecule has 1 unspecified atom stereocenters. The Hall–Kier alpha value is -2.74. The minimum absolute atomic E-state index is 0.0310. The summed E-state index contributed by atoms with van der Waals surface area (Å²) in [6, 6.07) is 9.29. The lowest BCUT2D eigenvalue weighted by molar-refractivity contribution is -0.119. The zero-order chi connectivity index (χ0) is 22.5. The molecule has 0 saturated carbocycles. The highest BCUT2D eigenvalue weighted by Gasteiger charge is 2.22. The molecule has 0 aliphatic carbocycles. The van der Waals surface area contributed by atoms with Gasteiger partial charge in [0.15, 0.2) is 11.5 Å². The van der Waals surface area contributed by atoms with Crippen molar-refractivity contribution in [2.24, 2.45) is 5.92 Å². The van der Waals surface area contributed by atoms with E-state index in [1.807, 2.05) is 29.2 Å². The molecule has 1 aromatic heterocycles. The van der Waals surface area contributed by atoms with Gasteiger partial charge >= 0.3 is 0 Å². The molecule has 2 amide bonds. The van der Waals surface area contributed by atoms with E-state index >= 15 is 0 Å². The Morgan fingerprint density at radius 2 is 1.84 bits per heavy atom. The first kappa shape index (κ1) is 22.5. The maximum absolute atomic E-state index is 12.7. The summed E-state index contributed by atoms with van der Waals surface area (Å²) in [5.41, 5.74) is 1.59. The average Bonchev–Trinajstić information content (AvgIpc) is 3.35. The van der Waals surface area contributed by atoms with E-state index in [0.717, 1.165) is 48.0 Å². The number of carbonyl (C=O) groups is 2. The second-order valence-electron chi connectivity index (χ2n) is 8.37. The molecule has 8 heteroatoms. The van der Waals surface area contributed by atoms with Gasteiger partial charge in [-0.3, -0.25) is 9.59 Å². The van der Waals surface area contributed by atoms with E-state index in [0.29, 0.717) is 18.8 Å². The van der Waals surface area contributed by atoms with E-state index in [9.17, 15) is 9.59 Å². The molecule has 2 aliphatic rings. The number of fused-ring (bicyclic) bond motifs is 1. The number of likely N-dealkylation sites (tertiary alicyclic amines) is 1. The molecule has 170 valence electrons. The van der Waals surface area contributed by atoms with Gasteiger partial charge in [0.1, 0.15) is 13.2 Å². The topological polar surface area (TPSA) is 80.8 Å². The molecule has 0 radical (unpaired) electrons. The standard InChI is InChI=1S/C24H29N3O4S/c1-16(2)23(17-5-7-19-20(13-17)31-12-11-30-19)26-21(28)15-32-22-8-6-18(14-25-22)24(29)27-9-3-4-10-27/h5-8,13-14,16,23H,3-4,9-12,15H2,1-2H3,(H,26,28). The van der Waals surface area contributed by atoms with Gasteiger partial charge in [0.25, 0.3) is 5.91 Å². The van der Waals surface area contributed by atoms with Crippen LogP contribution >= 0.6 is 11.8 Å². The van der Waals surface area contributed by atoms with Crippen LogP contribution in [0.2, 0.25) is 0 Å². The van der Waals surface area contributed by atoms with E-state index in [1.54, 1.807) is 12.3 Å². The zero-order valence-corrected chi connectivity index (χ0v) is 19.3. The molecule has 32 heavy (non-hydrogen) atoms. The summed E-state index contributed by atoms with van der Waals surface area (Å²) in [6.07, 6.45) is 3.73. The number of benzene rings is 1. The smallest absolute Gasteiger partial charge is 0.255 e. The Morgan fingerprint density at radius 1 is 1.09 bits per heavy atom. The van der Waals surface area contributed by atoms with Gasteiger partial charge in [-0.25, -0.2) is 4.98 Å². The lowest BCUT2D eigenvalue weighted by Gasteiger charge is -2.25. The van der Waals surface area contributed by atoms with E-state index < -0.39 is 0 Å². The molecule has 7 nitrogen and oxygen atoms in total. The molecule has 1 fully saturated rings. The molecule has 4 rings (SSSR count). The third-order valence-electron chi connectivity index (χ3n) is 5.64. The highest BCUT2D eigenvalue weighted by atomic mass is 32.2. The largest absolute Gasteiger partial charge is 0.486 e. The number of aromatic nitrogens is 1. The first-order valence-electron chi connectivity index (χ1n) is 11.1. The highest BCUT2D eigenvalue weighted by Crippen LogP contribution is 2.34. The fourth-order valence-corrected chi connectivity index (χ4v) is 4.59. The number of nitrogens with one attached hydrogen (secondary N) is 1. The van der Waals surface area contributed by atoms with Crippen LogP contribution in [0.3, 0.4) is 0 Å². The summed E-state index contributed by atoms with van der Waals surface area (Å²) >= 11 is 1.36. The van der Waals surface area contributed by atoms with Crippen molar-refractivity contribution >= 4 is 23.6 Å². The lowest BCUT2D eigenvalue weighted by atomic mass is 9.95. The minimum Gasteiger partial charge on any atom is -0.486 e. The summed E-state index contributed by atoms with van der Waals surface area (Å²) in [4.78, 5) is 31.3. The molecule has 1 saturated heterocycles. The monoisotopic (exact) mass is 455 g/mol. The summed E-state index contributed by atoms with van der Waals surface area (Å²) in [5.74, 6) is 1.88. The molecule has 2 aliphatic heterocycles. The second kappa shape index (κ2) is 10.3.